The molecule has 2 fully saturated rings. The van der Waals surface area contributed by atoms with Gasteiger partial charge in [0.2, 0.25) is 11.8 Å². The van der Waals surface area contributed by atoms with E-state index >= 15 is 0 Å². The summed E-state index contributed by atoms with van der Waals surface area (Å²) in [5.74, 6) is -1.63. The number of allylic oxidation sites excluding steroid dienone is 2. The smallest absolute Gasteiger partial charge is 0.255 e. The molecule has 2 saturated heterocycles. The number of fused-ring (bicyclic) bond motifs is 1. The molecule has 36 heavy (non-hydrogen) atoms. The molecule has 0 bridgehead atoms. The van der Waals surface area contributed by atoms with Gasteiger partial charge in [-0.3, -0.25) is 24.6 Å². The predicted molar refractivity (Wildman–Crippen MR) is 133 cm³/mol. The first kappa shape index (κ1) is 23.7. The normalized spacial score (nSPS) is 21.6. The zero-order chi connectivity index (χ0) is 25.2. The van der Waals surface area contributed by atoms with Crippen molar-refractivity contribution < 1.29 is 23.9 Å². The number of carbonyl (C=O) groups is 4. The highest BCUT2D eigenvalue weighted by Gasteiger charge is 2.42. The largest absolute Gasteiger partial charge is 0.378 e. The lowest BCUT2D eigenvalue weighted by Crippen LogP contribution is -2.59. The van der Waals surface area contributed by atoms with E-state index in [-0.39, 0.29) is 29.5 Å². The number of hydrogen-bond donors (Lipinski definition) is 2. The highest BCUT2D eigenvalue weighted by atomic mass is 16.5. The summed E-state index contributed by atoms with van der Waals surface area (Å²) in [4.78, 5) is 53.6. The van der Waals surface area contributed by atoms with E-state index in [4.69, 9.17) is 4.74 Å². The molecule has 0 saturated carbocycles. The van der Waals surface area contributed by atoms with Gasteiger partial charge >= 0.3 is 0 Å². The van der Waals surface area contributed by atoms with E-state index in [0.717, 1.165) is 0 Å². The number of morpholine rings is 1. The fourth-order valence-corrected chi connectivity index (χ4v) is 4.90. The van der Waals surface area contributed by atoms with Crippen LogP contribution in [0.4, 0.5) is 11.4 Å². The molecule has 2 atom stereocenters. The van der Waals surface area contributed by atoms with Crippen LogP contribution in [0.3, 0.4) is 0 Å². The van der Waals surface area contributed by atoms with Gasteiger partial charge in [-0.1, -0.05) is 24.3 Å². The molecule has 3 aliphatic rings. The summed E-state index contributed by atoms with van der Waals surface area (Å²) in [7, 11) is 0. The Labute approximate surface area is 209 Å². The number of hydrogen-bond acceptors (Lipinski definition) is 5. The fraction of sp³-hybridized carbons (Fsp3) is 0.333. The minimum Gasteiger partial charge on any atom is -0.378 e. The quantitative estimate of drug-likeness (QED) is 0.644. The van der Waals surface area contributed by atoms with E-state index in [2.05, 4.69) is 10.7 Å². The zero-order valence-corrected chi connectivity index (χ0v) is 20.0. The molecule has 2 aromatic rings. The van der Waals surface area contributed by atoms with Crippen molar-refractivity contribution in [2.75, 3.05) is 36.6 Å². The van der Waals surface area contributed by atoms with Gasteiger partial charge in [0.1, 0.15) is 0 Å². The van der Waals surface area contributed by atoms with Gasteiger partial charge in [-0.2, -0.15) is 0 Å². The molecule has 186 valence electrons. The molecule has 2 unspecified atom stereocenters. The van der Waals surface area contributed by atoms with Gasteiger partial charge in [-0.05, 0) is 55.7 Å². The van der Waals surface area contributed by atoms with Crippen LogP contribution in [-0.2, 0) is 14.3 Å². The second kappa shape index (κ2) is 9.94. The van der Waals surface area contributed by atoms with Crippen molar-refractivity contribution in [1.82, 2.24) is 10.3 Å². The summed E-state index contributed by atoms with van der Waals surface area (Å²) in [5.41, 5.74) is 5.16. The van der Waals surface area contributed by atoms with Gasteiger partial charge in [0.05, 0.1) is 30.7 Å². The summed E-state index contributed by atoms with van der Waals surface area (Å²) < 4.78 is 5.33. The predicted octanol–water partition coefficient (Wildman–Crippen LogP) is 2.68. The van der Waals surface area contributed by atoms with Crippen molar-refractivity contribution in [3.63, 3.8) is 0 Å². The van der Waals surface area contributed by atoms with Gasteiger partial charge in [0.15, 0.2) is 0 Å². The minimum absolute atomic E-state index is 0.0934. The minimum atomic E-state index is -0.407. The van der Waals surface area contributed by atoms with Crippen LogP contribution in [-0.4, -0.2) is 54.8 Å². The van der Waals surface area contributed by atoms with Gasteiger partial charge in [-0.25, -0.2) is 5.01 Å². The number of nitrogens with zero attached hydrogens (tertiary/aromatic N) is 2. The molecule has 2 heterocycles. The van der Waals surface area contributed by atoms with Gasteiger partial charge in [-0.15, -0.1) is 0 Å². The summed E-state index contributed by atoms with van der Waals surface area (Å²) >= 11 is 0. The highest BCUT2D eigenvalue weighted by molar-refractivity contribution is 6.08. The van der Waals surface area contributed by atoms with Crippen LogP contribution < -0.4 is 15.8 Å². The van der Waals surface area contributed by atoms with E-state index < -0.39 is 5.92 Å². The summed E-state index contributed by atoms with van der Waals surface area (Å²) in [6.45, 7) is 3.89. The summed E-state index contributed by atoms with van der Waals surface area (Å²) in [5, 5.41) is 4.13. The monoisotopic (exact) mass is 488 g/mol. The summed E-state index contributed by atoms with van der Waals surface area (Å²) in [6, 6.07) is 11.8. The molecule has 9 heteroatoms. The molecule has 2 N–H and O–H groups in total. The maximum Gasteiger partial charge on any atom is 0.255 e. The molecule has 5 rings (SSSR count). The average molecular weight is 489 g/mol. The molecular weight excluding hydrogens is 460 g/mol. The molecule has 0 spiro atoms. The number of nitrogens with one attached hydrogen (secondary N) is 2. The lowest BCUT2D eigenvalue weighted by atomic mass is 9.80. The van der Waals surface area contributed by atoms with E-state index in [9.17, 15) is 19.2 Å². The third-order valence-corrected chi connectivity index (χ3v) is 7.01. The van der Waals surface area contributed by atoms with Gasteiger partial charge in [0, 0.05) is 29.9 Å². The van der Waals surface area contributed by atoms with E-state index in [1.54, 1.807) is 54.3 Å². The first-order valence-electron chi connectivity index (χ1n) is 12.1. The average Bonchev–Trinajstić information content (AvgIpc) is 2.92. The second-order valence-electron chi connectivity index (χ2n) is 9.19. The molecule has 4 amide bonds. The van der Waals surface area contributed by atoms with Crippen LogP contribution in [0, 0.1) is 18.8 Å². The standard InChI is InChI=1S/C27H28N4O5/c1-17-20(26(34)30-12-14-36-15-13-30)10-5-11-23(17)28-24(32)18-6-4-7-19(16-18)31-27(35)22-9-3-2-8-21(22)25(33)29-31/h2-7,10-11,16,21-22H,8-9,12-15H2,1H3,(H,28,32)(H,29,33). The zero-order valence-electron chi connectivity index (χ0n) is 20.0. The van der Waals surface area contributed by atoms with Crippen LogP contribution in [0.25, 0.3) is 0 Å². The van der Waals surface area contributed by atoms with Gasteiger partial charge in [0.25, 0.3) is 11.8 Å². The third-order valence-electron chi connectivity index (χ3n) is 7.01. The summed E-state index contributed by atoms with van der Waals surface area (Å²) in [6.07, 6.45) is 4.93. The van der Waals surface area contributed by atoms with Crippen LogP contribution in [0.15, 0.2) is 54.6 Å². The topological polar surface area (TPSA) is 108 Å². The Morgan fingerprint density at radius 3 is 2.50 bits per heavy atom. The first-order valence-corrected chi connectivity index (χ1v) is 12.1. The van der Waals surface area contributed by atoms with Crippen LogP contribution in [0.2, 0.25) is 0 Å². The van der Waals surface area contributed by atoms with E-state index in [0.29, 0.717) is 67.2 Å². The lowest BCUT2D eigenvalue weighted by Gasteiger charge is -2.38. The Kier molecular flexibility index (Phi) is 6.56. The molecule has 2 aliphatic heterocycles. The molecule has 1 aliphatic carbocycles. The van der Waals surface area contributed by atoms with E-state index in [1.165, 1.54) is 5.01 Å². The van der Waals surface area contributed by atoms with Crippen LogP contribution in [0.1, 0.15) is 39.1 Å². The second-order valence-corrected chi connectivity index (χ2v) is 9.19. The Balaban J connectivity index is 1.34. The number of hydrazine groups is 1. The number of carbonyl (C=O) groups excluding carboxylic acids is 4. The van der Waals surface area contributed by atoms with Crippen molar-refractivity contribution in [2.24, 2.45) is 11.8 Å². The Bertz CT molecular complexity index is 1250. The molecular formula is C27H28N4O5. The Morgan fingerprint density at radius 1 is 1.00 bits per heavy atom. The van der Waals surface area contributed by atoms with Crippen LogP contribution in [0.5, 0.6) is 0 Å². The van der Waals surface area contributed by atoms with Gasteiger partial charge < -0.3 is 15.0 Å². The van der Waals surface area contributed by atoms with Crippen molar-refractivity contribution in [2.45, 2.75) is 19.8 Å². The number of anilines is 2. The lowest BCUT2D eigenvalue weighted by molar-refractivity contribution is -0.139. The third kappa shape index (κ3) is 4.49. The fourth-order valence-electron chi connectivity index (χ4n) is 4.90. The van der Waals surface area contributed by atoms with Crippen molar-refractivity contribution in [3.8, 4) is 0 Å². The molecule has 0 radical (unpaired) electrons. The Hall–Kier alpha value is -3.98. The Morgan fingerprint density at radius 2 is 1.72 bits per heavy atom. The van der Waals surface area contributed by atoms with Crippen molar-refractivity contribution in [3.05, 3.63) is 71.3 Å². The highest BCUT2D eigenvalue weighted by Crippen LogP contribution is 2.32. The van der Waals surface area contributed by atoms with Crippen LogP contribution >= 0.6 is 0 Å². The SMILES string of the molecule is Cc1c(NC(=O)c2cccc(N3NC(=O)C4CC=CCC4C3=O)c2)cccc1C(=O)N1CCOCC1. The molecule has 2 aromatic carbocycles. The maximum absolute atomic E-state index is 13.1. The molecule has 0 aromatic heterocycles. The molecule has 9 nitrogen and oxygen atoms in total. The number of ether oxygens (including phenoxy) is 1. The van der Waals surface area contributed by atoms with Crippen molar-refractivity contribution in [1.29, 1.82) is 0 Å². The van der Waals surface area contributed by atoms with Crippen molar-refractivity contribution >= 4 is 35.0 Å². The number of benzene rings is 2. The number of rotatable bonds is 4. The van der Waals surface area contributed by atoms with E-state index in [1.807, 2.05) is 12.2 Å². The maximum atomic E-state index is 13.1. The first-order chi connectivity index (χ1) is 17.4. The number of amides is 4.